The van der Waals surface area contributed by atoms with Crippen LogP contribution in [0.4, 0.5) is 0 Å². The van der Waals surface area contributed by atoms with E-state index in [4.69, 9.17) is 0 Å². The summed E-state index contributed by atoms with van der Waals surface area (Å²) in [5.41, 5.74) is 0. The quantitative estimate of drug-likeness (QED) is 0.670. The second-order valence-electron chi connectivity index (χ2n) is 7.01. The van der Waals surface area contributed by atoms with Gasteiger partial charge in [-0.3, -0.25) is 4.79 Å². The van der Waals surface area contributed by atoms with Crippen molar-refractivity contribution in [3.63, 3.8) is 0 Å². The van der Waals surface area contributed by atoms with E-state index < -0.39 is 10.2 Å². The van der Waals surface area contributed by atoms with Gasteiger partial charge in [-0.2, -0.15) is 17.0 Å². The number of nitrogens with zero attached hydrogens (tertiary/aromatic N) is 4. The van der Waals surface area contributed by atoms with Crippen molar-refractivity contribution >= 4 is 27.9 Å². The molecule has 1 aromatic carbocycles. The molecule has 27 heavy (non-hydrogen) atoms. The molecule has 1 amide bonds. The van der Waals surface area contributed by atoms with Gasteiger partial charge in [0.1, 0.15) is 0 Å². The molecule has 150 valence electrons. The van der Waals surface area contributed by atoms with E-state index in [-0.39, 0.29) is 11.2 Å². The molecule has 7 nitrogen and oxygen atoms in total. The Morgan fingerprint density at radius 2 is 1.44 bits per heavy atom. The molecule has 0 bridgehead atoms. The molecule has 2 aliphatic heterocycles. The smallest absolute Gasteiger partial charge is 0.282 e. The Balaban J connectivity index is 1.52. The number of carbonyl (C=O) groups is 1. The molecule has 2 aliphatic rings. The first-order valence-electron chi connectivity index (χ1n) is 9.32. The third-order valence-electron chi connectivity index (χ3n) is 5.07. The van der Waals surface area contributed by atoms with Gasteiger partial charge >= 0.3 is 0 Å². The summed E-state index contributed by atoms with van der Waals surface area (Å²) in [4.78, 5) is 17.7. The van der Waals surface area contributed by atoms with Crippen molar-refractivity contribution in [1.29, 1.82) is 0 Å². The van der Waals surface area contributed by atoms with Crippen LogP contribution >= 0.6 is 11.8 Å². The Morgan fingerprint density at radius 3 is 2.00 bits per heavy atom. The third-order valence-corrected chi connectivity index (χ3v) is 8.20. The number of hydrogen-bond donors (Lipinski definition) is 0. The topological polar surface area (TPSA) is 64.2 Å². The van der Waals surface area contributed by atoms with E-state index in [1.807, 2.05) is 44.3 Å². The largest absolute Gasteiger partial charge is 0.339 e. The molecule has 0 radical (unpaired) electrons. The van der Waals surface area contributed by atoms with Gasteiger partial charge in [0.05, 0.1) is 5.25 Å². The van der Waals surface area contributed by atoms with E-state index >= 15 is 0 Å². The molecule has 1 aromatic rings. The first-order valence-corrected chi connectivity index (χ1v) is 11.6. The minimum atomic E-state index is -3.43. The van der Waals surface area contributed by atoms with Gasteiger partial charge in [-0.25, -0.2) is 0 Å². The summed E-state index contributed by atoms with van der Waals surface area (Å²) >= 11 is 1.54. The second kappa shape index (κ2) is 8.91. The number of amides is 1. The Bertz CT molecular complexity index is 728. The molecule has 0 saturated carbocycles. The van der Waals surface area contributed by atoms with E-state index in [0.29, 0.717) is 39.3 Å². The van der Waals surface area contributed by atoms with Crippen LogP contribution in [0, 0.1) is 0 Å². The van der Waals surface area contributed by atoms with E-state index in [1.54, 1.807) is 9.21 Å². The van der Waals surface area contributed by atoms with Gasteiger partial charge in [0.2, 0.25) is 5.91 Å². The molecule has 0 aliphatic carbocycles. The summed E-state index contributed by atoms with van der Waals surface area (Å²) in [6.45, 7) is 6.11. The number of likely N-dealkylation sites (N-methyl/N-ethyl adjacent to an activating group) is 1. The average Bonchev–Trinajstić information content (AvgIpc) is 2.68. The van der Waals surface area contributed by atoms with Gasteiger partial charge in [-0.05, 0) is 26.1 Å². The van der Waals surface area contributed by atoms with Crippen LogP contribution in [0.1, 0.15) is 6.92 Å². The van der Waals surface area contributed by atoms with Gasteiger partial charge < -0.3 is 9.80 Å². The van der Waals surface area contributed by atoms with E-state index in [1.165, 1.54) is 16.1 Å². The number of carbonyl (C=O) groups excluding carboxylic acids is 1. The van der Waals surface area contributed by atoms with Crippen molar-refractivity contribution in [2.45, 2.75) is 17.1 Å². The SMILES string of the molecule is CC(Sc1ccccc1)C(=O)N1CCN(S(=O)(=O)N2CCN(C)CC2)CC1. The van der Waals surface area contributed by atoms with Crippen molar-refractivity contribution in [1.82, 2.24) is 18.4 Å². The predicted octanol–water partition coefficient (Wildman–Crippen LogP) is 0.804. The zero-order valence-electron chi connectivity index (χ0n) is 16.0. The minimum absolute atomic E-state index is 0.0699. The number of benzene rings is 1. The summed E-state index contributed by atoms with van der Waals surface area (Å²) < 4.78 is 28.7. The maximum absolute atomic E-state index is 12.8. The van der Waals surface area contributed by atoms with Crippen molar-refractivity contribution in [3.8, 4) is 0 Å². The molecule has 2 saturated heterocycles. The Morgan fingerprint density at radius 1 is 0.926 bits per heavy atom. The van der Waals surface area contributed by atoms with Crippen LogP contribution in [0.5, 0.6) is 0 Å². The van der Waals surface area contributed by atoms with Gasteiger partial charge in [0, 0.05) is 57.3 Å². The van der Waals surface area contributed by atoms with Gasteiger partial charge in [-0.15, -0.1) is 11.8 Å². The van der Waals surface area contributed by atoms with Crippen LogP contribution in [-0.4, -0.2) is 97.4 Å². The highest BCUT2D eigenvalue weighted by molar-refractivity contribution is 8.00. The summed E-state index contributed by atoms with van der Waals surface area (Å²) in [6, 6.07) is 9.86. The van der Waals surface area contributed by atoms with Crippen LogP contribution in [0.15, 0.2) is 35.2 Å². The van der Waals surface area contributed by atoms with E-state index in [9.17, 15) is 13.2 Å². The molecule has 0 spiro atoms. The summed E-state index contributed by atoms with van der Waals surface area (Å²) in [6.07, 6.45) is 0. The van der Waals surface area contributed by atoms with Crippen molar-refractivity contribution in [2.24, 2.45) is 0 Å². The molecule has 1 unspecified atom stereocenters. The molecule has 2 heterocycles. The fourth-order valence-corrected chi connectivity index (χ4v) is 5.88. The van der Waals surface area contributed by atoms with Crippen LogP contribution < -0.4 is 0 Å². The number of thioether (sulfide) groups is 1. The van der Waals surface area contributed by atoms with E-state index in [2.05, 4.69) is 4.90 Å². The van der Waals surface area contributed by atoms with Crippen LogP contribution in [0.2, 0.25) is 0 Å². The lowest BCUT2D eigenvalue weighted by Gasteiger charge is -2.39. The fraction of sp³-hybridized carbons (Fsp3) is 0.611. The van der Waals surface area contributed by atoms with Crippen molar-refractivity contribution < 1.29 is 13.2 Å². The van der Waals surface area contributed by atoms with Gasteiger partial charge in [-0.1, -0.05) is 18.2 Å². The standard InChI is InChI=1S/C18H28N4O3S2/c1-16(26-17-6-4-3-5-7-17)18(23)20-10-14-22(15-11-20)27(24,25)21-12-8-19(2)9-13-21/h3-7,16H,8-15H2,1-2H3. The lowest BCUT2D eigenvalue weighted by molar-refractivity contribution is -0.131. The Labute approximate surface area is 166 Å². The maximum atomic E-state index is 12.8. The Hall–Kier alpha value is -1.13. The first kappa shape index (κ1) is 20.6. The van der Waals surface area contributed by atoms with Gasteiger partial charge in [0.15, 0.2) is 0 Å². The minimum Gasteiger partial charge on any atom is -0.339 e. The summed E-state index contributed by atoms with van der Waals surface area (Å²) in [5, 5.41) is -0.187. The zero-order chi connectivity index (χ0) is 19.4. The first-order chi connectivity index (χ1) is 12.9. The molecule has 9 heteroatoms. The number of piperazine rings is 2. The molecule has 2 fully saturated rings. The average molecular weight is 413 g/mol. The molecule has 3 rings (SSSR count). The van der Waals surface area contributed by atoms with Crippen LogP contribution in [-0.2, 0) is 15.0 Å². The zero-order valence-corrected chi connectivity index (χ0v) is 17.6. The summed E-state index contributed by atoms with van der Waals surface area (Å²) in [7, 11) is -1.43. The normalized spacial score (nSPS) is 21.9. The molecular weight excluding hydrogens is 384 g/mol. The highest BCUT2D eigenvalue weighted by atomic mass is 32.2. The lowest BCUT2D eigenvalue weighted by Crippen LogP contribution is -2.57. The highest BCUT2D eigenvalue weighted by Gasteiger charge is 2.35. The molecule has 1 atom stereocenters. The lowest BCUT2D eigenvalue weighted by atomic mass is 10.3. The van der Waals surface area contributed by atoms with Crippen LogP contribution in [0.3, 0.4) is 0 Å². The van der Waals surface area contributed by atoms with E-state index in [0.717, 1.165) is 18.0 Å². The maximum Gasteiger partial charge on any atom is 0.282 e. The van der Waals surface area contributed by atoms with Crippen molar-refractivity contribution in [3.05, 3.63) is 30.3 Å². The van der Waals surface area contributed by atoms with Crippen LogP contribution in [0.25, 0.3) is 0 Å². The van der Waals surface area contributed by atoms with Gasteiger partial charge in [0.25, 0.3) is 10.2 Å². The number of hydrogen-bond acceptors (Lipinski definition) is 5. The van der Waals surface area contributed by atoms with Crippen molar-refractivity contribution in [2.75, 3.05) is 59.4 Å². The number of rotatable bonds is 5. The molecular formula is C18H28N4O3S2. The Kier molecular flexibility index (Phi) is 6.80. The summed E-state index contributed by atoms with van der Waals surface area (Å²) in [5.74, 6) is 0.0699. The molecule has 0 N–H and O–H groups in total. The highest BCUT2D eigenvalue weighted by Crippen LogP contribution is 2.25. The monoisotopic (exact) mass is 412 g/mol. The second-order valence-corrected chi connectivity index (χ2v) is 10.4. The third kappa shape index (κ3) is 5.03. The molecule has 0 aromatic heterocycles. The fourth-order valence-electron chi connectivity index (χ4n) is 3.33. The predicted molar refractivity (Wildman–Crippen MR) is 108 cm³/mol.